The van der Waals surface area contributed by atoms with Gasteiger partial charge in [-0.25, -0.2) is 9.59 Å². The number of carbonyl (C=O) groups is 3. The molecule has 0 saturated carbocycles. The largest absolute Gasteiger partial charge is 0.466 e. The Labute approximate surface area is 295 Å². The predicted molar refractivity (Wildman–Crippen MR) is 204 cm³/mol. The van der Waals surface area contributed by atoms with Crippen LogP contribution >= 0.6 is 0 Å². The Balaban J connectivity index is 5.57. The van der Waals surface area contributed by atoms with Crippen LogP contribution in [0.15, 0.2) is 59.8 Å². The molecule has 0 aromatic heterocycles. The van der Waals surface area contributed by atoms with Crippen LogP contribution in [-0.2, 0) is 28.3 Å². The van der Waals surface area contributed by atoms with E-state index in [-0.39, 0.29) is 23.9 Å². The fourth-order valence-electron chi connectivity index (χ4n) is 6.67. The van der Waals surface area contributed by atoms with E-state index in [1.807, 2.05) is 26.8 Å². The quantitative estimate of drug-likeness (QED) is 0.0331. The van der Waals surface area contributed by atoms with E-state index in [9.17, 15) is 14.4 Å². The smallest absolute Gasteiger partial charge is 0.330 e. The van der Waals surface area contributed by atoms with Gasteiger partial charge in [-0.2, -0.15) is 0 Å². The van der Waals surface area contributed by atoms with Gasteiger partial charge < -0.3 is 13.9 Å². The summed E-state index contributed by atoms with van der Waals surface area (Å²) in [5.74, 6) is -0.200. The number of Topliss-reactive ketones (excluding diaryl/α,β-unsaturated/α-hetero) is 1. The van der Waals surface area contributed by atoms with Gasteiger partial charge in [0.2, 0.25) is 8.32 Å². The van der Waals surface area contributed by atoms with Crippen LogP contribution in [0.1, 0.15) is 134 Å². The average molecular weight is 687 g/mol. The first kappa shape index (κ1) is 45.5. The zero-order valence-electron chi connectivity index (χ0n) is 32.8. The SMILES string of the molecule is CCC(=O)CCC/C=C/C(=O)O[C@@H](C/C(C)=C/C=C/CC[C@@H](C)[C@@H](CC)O[Si](C(C)C)(C(C)C)C(C)C)[C@@H](C)/C=C(C)/C=C/C(=O)OC. The minimum Gasteiger partial charge on any atom is -0.466 e. The second-order valence-corrected chi connectivity index (χ2v) is 19.8. The van der Waals surface area contributed by atoms with E-state index in [1.54, 1.807) is 12.2 Å². The molecule has 0 amide bonds. The molecule has 0 aliphatic heterocycles. The fourth-order valence-corrected chi connectivity index (χ4v) is 12.4. The van der Waals surface area contributed by atoms with Crippen LogP contribution in [0, 0.1) is 11.8 Å². The molecule has 0 rings (SSSR count). The van der Waals surface area contributed by atoms with Crippen molar-refractivity contribution in [3.63, 3.8) is 0 Å². The number of unbranched alkanes of at least 4 members (excludes halogenated alkanes) is 1. The van der Waals surface area contributed by atoms with Crippen LogP contribution < -0.4 is 0 Å². The summed E-state index contributed by atoms with van der Waals surface area (Å²) in [5.41, 5.74) is 3.72. The molecule has 0 spiro atoms. The van der Waals surface area contributed by atoms with Gasteiger partial charge in [0, 0.05) is 43.4 Å². The highest BCUT2D eigenvalue weighted by atomic mass is 28.4. The molecule has 0 aliphatic carbocycles. The van der Waals surface area contributed by atoms with Gasteiger partial charge in [0.1, 0.15) is 11.9 Å². The summed E-state index contributed by atoms with van der Waals surface area (Å²) in [7, 11) is -0.583. The van der Waals surface area contributed by atoms with Gasteiger partial charge in [0.15, 0.2) is 0 Å². The Bertz CT molecular complexity index is 1090. The lowest BCUT2D eigenvalue weighted by Crippen LogP contribution is -2.51. The van der Waals surface area contributed by atoms with Gasteiger partial charge in [-0.1, -0.05) is 117 Å². The zero-order valence-corrected chi connectivity index (χ0v) is 33.8. The first-order valence-corrected chi connectivity index (χ1v) is 20.5. The summed E-state index contributed by atoms with van der Waals surface area (Å²) in [6.45, 7) is 26.5. The standard InChI is InChI=1S/C41H70O6Si/c1-14-37(42)24-20-17-21-25-41(44)46-39(36(12)28-34(10)26-27-40(43)45-13)29-33(9)22-18-16-19-23-35(11)38(15-2)47-48(30(3)4,31(5)6)32(7)8/h16,18,21-22,25-28,30-32,35-36,38-39H,14-15,17,19-20,23-24,29H2,1-13H3/b18-16+,25-21+,27-26+,33-22+,34-28+/t35-,36+,38-,39+/m1/s1. The van der Waals surface area contributed by atoms with E-state index in [2.05, 4.69) is 80.5 Å². The van der Waals surface area contributed by atoms with Crippen LogP contribution in [0.25, 0.3) is 0 Å². The lowest BCUT2D eigenvalue weighted by atomic mass is 9.95. The second-order valence-electron chi connectivity index (χ2n) is 14.4. The van der Waals surface area contributed by atoms with Gasteiger partial charge >= 0.3 is 11.9 Å². The Hall–Kier alpha value is -2.51. The van der Waals surface area contributed by atoms with Crippen molar-refractivity contribution < 1.29 is 28.3 Å². The van der Waals surface area contributed by atoms with Gasteiger partial charge in [0.05, 0.1) is 7.11 Å². The van der Waals surface area contributed by atoms with E-state index >= 15 is 0 Å². The van der Waals surface area contributed by atoms with Gasteiger partial charge in [-0.05, 0) is 68.5 Å². The highest BCUT2D eigenvalue weighted by Gasteiger charge is 2.46. The van der Waals surface area contributed by atoms with Crippen LogP contribution in [-0.4, -0.2) is 45.4 Å². The summed E-state index contributed by atoms with van der Waals surface area (Å²) >= 11 is 0. The third kappa shape index (κ3) is 17.2. The number of methoxy groups -OCH3 is 1. The topological polar surface area (TPSA) is 78.9 Å². The summed E-state index contributed by atoms with van der Waals surface area (Å²) < 4.78 is 17.8. The van der Waals surface area contributed by atoms with Crippen molar-refractivity contribution in [3.05, 3.63) is 59.8 Å². The molecule has 0 heterocycles. The minimum absolute atomic E-state index is 0.0934. The molecular formula is C41H70O6Si. The molecule has 0 fully saturated rings. The van der Waals surface area contributed by atoms with Crippen molar-refractivity contribution in [3.8, 4) is 0 Å². The van der Waals surface area contributed by atoms with E-state index in [0.717, 1.165) is 36.8 Å². The first-order valence-electron chi connectivity index (χ1n) is 18.4. The number of esters is 2. The molecule has 0 bridgehead atoms. The molecule has 0 radical (unpaired) electrons. The molecule has 0 aromatic rings. The third-order valence-electron chi connectivity index (χ3n) is 9.47. The van der Waals surface area contributed by atoms with E-state index < -0.39 is 20.3 Å². The molecule has 0 aromatic carbocycles. The summed E-state index contributed by atoms with van der Waals surface area (Å²) in [6, 6.07) is 0. The molecule has 274 valence electrons. The highest BCUT2D eigenvalue weighted by Crippen LogP contribution is 2.44. The van der Waals surface area contributed by atoms with Gasteiger partial charge in [-0.3, -0.25) is 4.79 Å². The summed E-state index contributed by atoms with van der Waals surface area (Å²) in [4.78, 5) is 35.8. The van der Waals surface area contributed by atoms with Crippen LogP contribution in [0.4, 0.5) is 0 Å². The van der Waals surface area contributed by atoms with Crippen LogP contribution in [0.3, 0.4) is 0 Å². The summed E-state index contributed by atoms with van der Waals surface area (Å²) in [6.07, 6.45) is 20.8. The number of hydrogen-bond donors (Lipinski definition) is 0. The molecule has 7 heteroatoms. The van der Waals surface area contributed by atoms with Crippen molar-refractivity contribution in [2.75, 3.05) is 7.11 Å². The average Bonchev–Trinajstić information content (AvgIpc) is 3.02. The van der Waals surface area contributed by atoms with E-state index in [0.29, 0.717) is 48.2 Å². The van der Waals surface area contributed by atoms with Crippen molar-refractivity contribution in [2.24, 2.45) is 11.8 Å². The normalized spacial score (nSPS) is 16.0. The first-order chi connectivity index (χ1) is 22.5. The van der Waals surface area contributed by atoms with Crippen molar-refractivity contribution in [2.45, 2.75) is 163 Å². The second kappa shape index (κ2) is 24.6. The van der Waals surface area contributed by atoms with E-state index in [4.69, 9.17) is 13.9 Å². The number of rotatable bonds is 24. The molecule has 0 unspecified atom stereocenters. The lowest BCUT2D eigenvalue weighted by Gasteiger charge is -2.45. The monoisotopic (exact) mass is 686 g/mol. The van der Waals surface area contributed by atoms with Crippen molar-refractivity contribution in [1.29, 1.82) is 0 Å². The minimum atomic E-state index is -1.93. The van der Waals surface area contributed by atoms with Gasteiger partial charge in [-0.15, -0.1) is 0 Å². The predicted octanol–water partition coefficient (Wildman–Crippen LogP) is 11.2. The maximum absolute atomic E-state index is 12.8. The fraction of sp³-hybridized carbons (Fsp3) is 0.683. The number of carbonyl (C=O) groups excluding carboxylic acids is 3. The van der Waals surface area contributed by atoms with Gasteiger partial charge in [0.25, 0.3) is 0 Å². The maximum Gasteiger partial charge on any atom is 0.330 e. The molecule has 48 heavy (non-hydrogen) atoms. The highest BCUT2D eigenvalue weighted by molar-refractivity contribution is 6.77. The number of hydrogen-bond acceptors (Lipinski definition) is 6. The lowest BCUT2D eigenvalue weighted by molar-refractivity contribution is -0.144. The Kier molecular flexibility index (Phi) is 23.3. The molecule has 0 aliphatic rings. The maximum atomic E-state index is 12.8. The molecule has 0 saturated heterocycles. The van der Waals surface area contributed by atoms with E-state index in [1.165, 1.54) is 19.3 Å². The molecule has 4 atom stereocenters. The number of ether oxygens (including phenoxy) is 2. The van der Waals surface area contributed by atoms with Crippen LogP contribution in [0.5, 0.6) is 0 Å². The Morgan fingerprint density at radius 3 is 1.94 bits per heavy atom. The summed E-state index contributed by atoms with van der Waals surface area (Å²) in [5, 5.41) is 0. The Morgan fingerprint density at radius 2 is 1.40 bits per heavy atom. The van der Waals surface area contributed by atoms with Crippen molar-refractivity contribution >= 4 is 26.0 Å². The van der Waals surface area contributed by atoms with Crippen LogP contribution in [0.2, 0.25) is 16.6 Å². The molecule has 0 N–H and O–H groups in total. The number of ketones is 1. The molecular weight excluding hydrogens is 617 g/mol. The zero-order chi connectivity index (χ0) is 36.9. The Morgan fingerprint density at radius 1 is 0.771 bits per heavy atom. The third-order valence-corrected chi connectivity index (χ3v) is 15.6. The number of allylic oxidation sites excluding steroid dienone is 6. The molecule has 6 nitrogen and oxygen atoms in total. The van der Waals surface area contributed by atoms with Crippen molar-refractivity contribution in [1.82, 2.24) is 0 Å².